The molecule has 2 aromatic heterocycles. The van der Waals surface area contributed by atoms with E-state index in [4.69, 9.17) is 11.6 Å². The van der Waals surface area contributed by atoms with Crippen LogP contribution in [0.25, 0.3) is 22.2 Å². The largest absolute Gasteiger partial charge is 0.480 e. The first kappa shape index (κ1) is 20.5. The molecular formula is C25H23ClN4O2. The fourth-order valence-corrected chi connectivity index (χ4v) is 4.79. The van der Waals surface area contributed by atoms with Gasteiger partial charge < -0.3 is 15.0 Å². The molecular weight excluding hydrogens is 424 g/mol. The van der Waals surface area contributed by atoms with Crippen LogP contribution in [0, 0.1) is 6.92 Å². The van der Waals surface area contributed by atoms with E-state index in [2.05, 4.69) is 25.9 Å². The van der Waals surface area contributed by atoms with Gasteiger partial charge in [-0.2, -0.15) is 0 Å². The van der Waals surface area contributed by atoms with E-state index in [0.717, 1.165) is 52.7 Å². The summed E-state index contributed by atoms with van der Waals surface area (Å²) in [6, 6.07) is 14.7. The molecule has 3 heterocycles. The highest BCUT2D eigenvalue weighted by Gasteiger charge is 2.28. The first-order valence-electron chi connectivity index (χ1n) is 10.7. The molecule has 5 rings (SSSR count). The van der Waals surface area contributed by atoms with Crippen molar-refractivity contribution in [2.75, 3.05) is 5.32 Å². The molecule has 0 amide bonds. The van der Waals surface area contributed by atoms with Crippen molar-refractivity contribution in [2.45, 2.75) is 38.8 Å². The number of halogens is 1. The molecule has 0 aliphatic carbocycles. The van der Waals surface area contributed by atoms with Crippen LogP contribution < -0.4 is 5.32 Å². The van der Waals surface area contributed by atoms with Gasteiger partial charge in [0.2, 0.25) is 0 Å². The second-order valence-electron chi connectivity index (χ2n) is 8.14. The van der Waals surface area contributed by atoms with Gasteiger partial charge >= 0.3 is 5.97 Å². The minimum atomic E-state index is -0.923. The summed E-state index contributed by atoms with van der Waals surface area (Å²) in [4.78, 5) is 21.2. The predicted octanol–water partition coefficient (Wildman–Crippen LogP) is 5.11. The molecule has 0 spiro atoms. The van der Waals surface area contributed by atoms with Gasteiger partial charge in [-0.3, -0.25) is 0 Å². The molecule has 0 radical (unpaired) electrons. The molecule has 0 unspecified atom stereocenters. The van der Waals surface area contributed by atoms with E-state index >= 15 is 0 Å². The Bertz CT molecular complexity index is 1320. The molecule has 1 aliphatic rings. The summed E-state index contributed by atoms with van der Waals surface area (Å²) in [5, 5.41) is 14.7. The molecule has 6 nitrogen and oxygen atoms in total. The number of carbonyl (C=O) groups is 1. The maximum atomic E-state index is 12.1. The average molecular weight is 447 g/mol. The van der Waals surface area contributed by atoms with Crippen LogP contribution in [0.2, 0.25) is 5.02 Å². The average Bonchev–Trinajstić information content (AvgIpc) is 3.38. The topological polar surface area (TPSA) is 80.0 Å². The normalized spacial score (nSPS) is 13.8. The van der Waals surface area contributed by atoms with E-state index in [1.807, 2.05) is 49.4 Å². The zero-order chi connectivity index (χ0) is 22.2. The molecule has 2 aromatic carbocycles. The number of fused-ring (bicyclic) bond motifs is 3. The molecule has 2 N–H and O–H groups in total. The monoisotopic (exact) mass is 446 g/mol. The lowest BCUT2D eigenvalue weighted by molar-refractivity contribution is -0.137. The lowest BCUT2D eigenvalue weighted by atomic mass is 9.97. The molecule has 0 saturated carbocycles. The number of aryl methyl sites for hydroxylation is 1. The molecule has 7 heteroatoms. The van der Waals surface area contributed by atoms with Gasteiger partial charge in [0, 0.05) is 29.2 Å². The summed E-state index contributed by atoms with van der Waals surface area (Å²) in [6.07, 6.45) is 3.84. The van der Waals surface area contributed by atoms with E-state index in [9.17, 15) is 9.90 Å². The molecule has 0 bridgehead atoms. The summed E-state index contributed by atoms with van der Waals surface area (Å²) in [6.45, 7) is 2.89. The van der Waals surface area contributed by atoms with Gasteiger partial charge in [-0.25, -0.2) is 14.8 Å². The quantitative estimate of drug-likeness (QED) is 0.430. The minimum Gasteiger partial charge on any atom is -0.480 e. The number of carboxylic acids is 1. The van der Waals surface area contributed by atoms with Crippen LogP contribution >= 0.6 is 11.6 Å². The maximum Gasteiger partial charge on any atom is 0.326 e. The Morgan fingerprint density at radius 1 is 1.19 bits per heavy atom. The fourth-order valence-electron chi connectivity index (χ4n) is 4.62. The number of aliphatic carboxylic acids is 1. The summed E-state index contributed by atoms with van der Waals surface area (Å²) in [5.74, 6) is -0.387. The van der Waals surface area contributed by atoms with Gasteiger partial charge in [0.15, 0.2) is 0 Å². The van der Waals surface area contributed by atoms with Crippen LogP contribution in [-0.4, -0.2) is 31.7 Å². The van der Waals surface area contributed by atoms with Crippen LogP contribution in [0.4, 0.5) is 5.82 Å². The van der Waals surface area contributed by atoms with Crippen LogP contribution in [-0.2, 0) is 24.2 Å². The Labute approximate surface area is 190 Å². The van der Waals surface area contributed by atoms with Gasteiger partial charge in [-0.1, -0.05) is 54.1 Å². The molecule has 0 saturated heterocycles. The Kier molecular flexibility index (Phi) is 5.31. The molecule has 32 heavy (non-hydrogen) atoms. The Balaban J connectivity index is 1.66. The number of aromatic nitrogens is 3. The number of anilines is 1. The lowest BCUT2D eigenvalue weighted by Gasteiger charge is -2.17. The second-order valence-corrected chi connectivity index (χ2v) is 8.54. The lowest BCUT2D eigenvalue weighted by Crippen LogP contribution is -2.32. The highest BCUT2D eigenvalue weighted by molar-refractivity contribution is 6.31. The zero-order valence-electron chi connectivity index (χ0n) is 17.7. The predicted molar refractivity (Wildman–Crippen MR) is 126 cm³/mol. The van der Waals surface area contributed by atoms with Crippen LogP contribution in [0.5, 0.6) is 0 Å². The van der Waals surface area contributed by atoms with E-state index in [-0.39, 0.29) is 0 Å². The van der Waals surface area contributed by atoms with Crippen molar-refractivity contribution in [3.8, 4) is 11.1 Å². The highest BCUT2D eigenvalue weighted by atomic mass is 35.5. The van der Waals surface area contributed by atoms with Gasteiger partial charge in [0.1, 0.15) is 23.8 Å². The number of carboxylic acid groups (broad SMARTS) is 1. The van der Waals surface area contributed by atoms with Crippen LogP contribution in [0.3, 0.4) is 0 Å². The van der Waals surface area contributed by atoms with Crippen molar-refractivity contribution >= 4 is 34.4 Å². The van der Waals surface area contributed by atoms with Crippen molar-refractivity contribution < 1.29 is 9.90 Å². The van der Waals surface area contributed by atoms with Gasteiger partial charge in [0.25, 0.3) is 0 Å². The Hall–Kier alpha value is -3.38. The van der Waals surface area contributed by atoms with Gasteiger partial charge in [-0.05, 0) is 42.5 Å². The number of hydrogen-bond acceptors (Lipinski definition) is 4. The van der Waals surface area contributed by atoms with E-state index in [0.29, 0.717) is 17.3 Å². The number of hydrogen-bond donors (Lipinski definition) is 2. The molecule has 1 atom stereocenters. The second kappa shape index (κ2) is 8.28. The van der Waals surface area contributed by atoms with E-state index in [1.54, 1.807) is 0 Å². The van der Waals surface area contributed by atoms with Crippen molar-refractivity contribution in [1.29, 1.82) is 0 Å². The smallest absolute Gasteiger partial charge is 0.326 e. The third-order valence-electron chi connectivity index (χ3n) is 6.17. The Morgan fingerprint density at radius 3 is 2.78 bits per heavy atom. The minimum absolute atomic E-state index is 0.348. The van der Waals surface area contributed by atoms with Crippen LogP contribution in [0.15, 0.2) is 54.9 Å². The third-order valence-corrected chi connectivity index (χ3v) is 6.58. The fraction of sp³-hybridized carbons (Fsp3) is 0.240. The van der Waals surface area contributed by atoms with Crippen molar-refractivity contribution in [3.05, 3.63) is 76.7 Å². The SMILES string of the molecule is Cc1c(Cl)cccc1-c1c2n(c3ncnc(N[C@H](Cc4ccccc4)C(=O)O)c13)CCC2. The Morgan fingerprint density at radius 2 is 2.00 bits per heavy atom. The number of benzene rings is 2. The first-order chi connectivity index (χ1) is 15.5. The maximum absolute atomic E-state index is 12.1. The molecule has 0 fully saturated rings. The van der Waals surface area contributed by atoms with E-state index < -0.39 is 12.0 Å². The number of nitrogens with one attached hydrogen (secondary N) is 1. The standard InChI is InChI=1S/C25H23ClN4O2/c1-15-17(9-5-10-18(15)26)21-20-11-6-12-30(20)24-22(21)23(27-14-28-24)29-19(25(31)32)13-16-7-3-2-4-8-16/h2-5,7-10,14,19H,6,11-13H2,1H3,(H,31,32)(H,27,28,29)/t19-/m1/s1. The number of rotatable bonds is 6. The van der Waals surface area contributed by atoms with Crippen molar-refractivity contribution in [2.24, 2.45) is 0 Å². The summed E-state index contributed by atoms with van der Waals surface area (Å²) >= 11 is 6.46. The van der Waals surface area contributed by atoms with Crippen LogP contribution in [0.1, 0.15) is 23.2 Å². The van der Waals surface area contributed by atoms with Crippen molar-refractivity contribution in [1.82, 2.24) is 14.5 Å². The molecule has 4 aromatic rings. The zero-order valence-corrected chi connectivity index (χ0v) is 18.4. The van der Waals surface area contributed by atoms with Crippen molar-refractivity contribution in [3.63, 3.8) is 0 Å². The molecule has 1 aliphatic heterocycles. The first-order valence-corrected chi connectivity index (χ1v) is 11.1. The van der Waals surface area contributed by atoms with E-state index in [1.165, 1.54) is 12.0 Å². The van der Waals surface area contributed by atoms with Gasteiger partial charge in [0.05, 0.1) is 5.39 Å². The molecule has 162 valence electrons. The summed E-state index contributed by atoms with van der Waals surface area (Å²) < 4.78 is 2.23. The summed E-state index contributed by atoms with van der Waals surface area (Å²) in [7, 11) is 0. The van der Waals surface area contributed by atoms with Gasteiger partial charge in [-0.15, -0.1) is 0 Å². The highest BCUT2D eigenvalue weighted by Crippen LogP contribution is 2.42. The summed E-state index contributed by atoms with van der Waals surface area (Å²) in [5.41, 5.74) is 6.04. The third kappa shape index (κ3) is 3.50. The number of nitrogens with zero attached hydrogens (tertiary/aromatic N) is 3.